The van der Waals surface area contributed by atoms with Crippen LogP contribution < -0.4 is 4.90 Å². The summed E-state index contributed by atoms with van der Waals surface area (Å²) in [4.78, 5) is 7.32. The molecule has 0 bridgehead atoms. The predicted octanol–water partition coefficient (Wildman–Crippen LogP) is 5.78. The van der Waals surface area contributed by atoms with E-state index in [2.05, 4.69) is 24.0 Å². The lowest BCUT2D eigenvalue weighted by atomic mass is 10.1. The summed E-state index contributed by atoms with van der Waals surface area (Å²) in [6.07, 6.45) is 2.36. The fourth-order valence-corrected chi connectivity index (χ4v) is 3.92. The summed E-state index contributed by atoms with van der Waals surface area (Å²) in [5.74, 6) is 0.392. The second kappa shape index (κ2) is 5.84. The smallest absolute Gasteiger partial charge is 0.155 e. The van der Waals surface area contributed by atoms with Crippen LogP contribution in [0.2, 0.25) is 0 Å². The van der Waals surface area contributed by atoms with Gasteiger partial charge >= 0.3 is 0 Å². The molecule has 0 radical (unpaired) electrons. The second-order valence-corrected chi connectivity index (χ2v) is 7.03. The van der Waals surface area contributed by atoms with E-state index in [1.807, 2.05) is 24.3 Å². The summed E-state index contributed by atoms with van der Waals surface area (Å²) in [5.41, 5.74) is 3.41. The zero-order valence-electron chi connectivity index (χ0n) is 14.6. The minimum Gasteiger partial charge on any atom is -0.454 e. The van der Waals surface area contributed by atoms with E-state index in [0.717, 1.165) is 34.2 Å². The fraction of sp³-hybridized carbons (Fsp3) is 0.227. The number of nitrogens with zero attached hydrogens (tertiary/aromatic N) is 2. The second-order valence-electron chi connectivity index (χ2n) is 7.03. The lowest BCUT2D eigenvalue weighted by Gasteiger charge is -2.25. The van der Waals surface area contributed by atoms with Gasteiger partial charge in [0.1, 0.15) is 17.1 Å². The number of anilines is 1. The largest absolute Gasteiger partial charge is 0.454 e. The molecule has 5 rings (SSSR count). The minimum absolute atomic E-state index is 0.293. The quantitative estimate of drug-likeness (QED) is 0.461. The molecule has 3 heterocycles. The molecule has 2 aromatic heterocycles. The molecule has 0 amide bonds. The first kappa shape index (κ1) is 15.4. The van der Waals surface area contributed by atoms with E-state index in [9.17, 15) is 4.39 Å². The summed E-state index contributed by atoms with van der Waals surface area (Å²) < 4.78 is 19.5. The van der Waals surface area contributed by atoms with Gasteiger partial charge in [-0.2, -0.15) is 0 Å². The van der Waals surface area contributed by atoms with E-state index in [1.165, 1.54) is 25.0 Å². The van der Waals surface area contributed by atoms with Crippen molar-refractivity contribution in [2.24, 2.45) is 0 Å². The standard InChI is InChI=1S/C22H19FN2O/c1-14-5-4-10-25(14)19-11-15-6-2-3-7-18(15)24-22(19)21-12-16-8-9-17(23)13-20(16)26-21/h2-3,6-9,11-14H,4-5,10H2,1H3/t14-/m0/s1. The monoisotopic (exact) mass is 346 g/mol. The number of pyridine rings is 1. The molecule has 1 aliphatic heterocycles. The van der Waals surface area contributed by atoms with E-state index in [4.69, 9.17) is 9.40 Å². The zero-order chi connectivity index (χ0) is 17.7. The number of benzene rings is 2. The van der Waals surface area contributed by atoms with E-state index in [0.29, 0.717) is 17.4 Å². The average Bonchev–Trinajstić information content (AvgIpc) is 3.26. The molecule has 1 aliphatic rings. The Morgan fingerprint density at radius 3 is 2.81 bits per heavy atom. The van der Waals surface area contributed by atoms with Gasteiger partial charge < -0.3 is 9.32 Å². The van der Waals surface area contributed by atoms with Crippen molar-refractivity contribution < 1.29 is 8.81 Å². The van der Waals surface area contributed by atoms with Crippen LogP contribution in [0.3, 0.4) is 0 Å². The van der Waals surface area contributed by atoms with Gasteiger partial charge in [0.15, 0.2) is 5.76 Å². The highest BCUT2D eigenvalue weighted by molar-refractivity contribution is 5.91. The van der Waals surface area contributed by atoms with E-state index < -0.39 is 0 Å². The average molecular weight is 346 g/mol. The van der Waals surface area contributed by atoms with Gasteiger partial charge in [-0.15, -0.1) is 0 Å². The SMILES string of the molecule is C[C@H]1CCCN1c1cc2ccccc2nc1-c1cc2ccc(F)cc2o1. The summed E-state index contributed by atoms with van der Waals surface area (Å²) in [6.45, 7) is 3.27. The number of hydrogen-bond acceptors (Lipinski definition) is 3. The summed E-state index contributed by atoms with van der Waals surface area (Å²) in [7, 11) is 0. The predicted molar refractivity (Wildman–Crippen MR) is 103 cm³/mol. The molecule has 130 valence electrons. The Morgan fingerprint density at radius 2 is 1.96 bits per heavy atom. The zero-order valence-corrected chi connectivity index (χ0v) is 14.6. The fourth-order valence-electron chi connectivity index (χ4n) is 3.92. The Bertz CT molecular complexity index is 1120. The van der Waals surface area contributed by atoms with Crippen molar-refractivity contribution >= 4 is 27.6 Å². The van der Waals surface area contributed by atoms with Crippen molar-refractivity contribution in [3.8, 4) is 11.5 Å². The third-order valence-corrected chi connectivity index (χ3v) is 5.28. The van der Waals surface area contributed by atoms with E-state index >= 15 is 0 Å². The highest BCUT2D eigenvalue weighted by Gasteiger charge is 2.25. The Kier molecular flexibility index (Phi) is 3.45. The maximum absolute atomic E-state index is 13.5. The molecule has 1 saturated heterocycles. The molecule has 0 saturated carbocycles. The Hall–Kier alpha value is -2.88. The molecule has 26 heavy (non-hydrogen) atoms. The molecule has 4 aromatic rings. The third kappa shape index (κ3) is 2.45. The van der Waals surface area contributed by atoms with E-state index in [1.54, 1.807) is 6.07 Å². The van der Waals surface area contributed by atoms with Crippen LogP contribution in [0.25, 0.3) is 33.3 Å². The van der Waals surface area contributed by atoms with E-state index in [-0.39, 0.29) is 5.82 Å². The van der Waals surface area contributed by atoms with Crippen LogP contribution >= 0.6 is 0 Å². The van der Waals surface area contributed by atoms with Gasteiger partial charge in [0.05, 0.1) is 11.2 Å². The van der Waals surface area contributed by atoms with Gasteiger partial charge in [0.2, 0.25) is 0 Å². The van der Waals surface area contributed by atoms with Crippen LogP contribution in [0, 0.1) is 5.82 Å². The van der Waals surface area contributed by atoms with Gasteiger partial charge in [-0.25, -0.2) is 9.37 Å². The van der Waals surface area contributed by atoms with Crippen LogP contribution in [0.15, 0.2) is 59.0 Å². The number of aromatic nitrogens is 1. The lowest BCUT2D eigenvalue weighted by Crippen LogP contribution is -2.27. The first-order chi connectivity index (χ1) is 12.7. The van der Waals surface area contributed by atoms with Crippen molar-refractivity contribution in [2.75, 3.05) is 11.4 Å². The first-order valence-corrected chi connectivity index (χ1v) is 9.05. The molecule has 4 heteroatoms. The van der Waals surface area contributed by atoms with Crippen LogP contribution in [0.5, 0.6) is 0 Å². The lowest BCUT2D eigenvalue weighted by molar-refractivity contribution is 0.606. The van der Waals surface area contributed by atoms with Crippen LogP contribution in [0.4, 0.5) is 10.1 Å². The topological polar surface area (TPSA) is 29.3 Å². The van der Waals surface area contributed by atoms with Gasteiger partial charge in [-0.05, 0) is 50.1 Å². The van der Waals surface area contributed by atoms with Crippen molar-refractivity contribution in [1.82, 2.24) is 4.98 Å². The van der Waals surface area contributed by atoms with Gasteiger partial charge in [0, 0.05) is 29.4 Å². The first-order valence-electron chi connectivity index (χ1n) is 9.05. The third-order valence-electron chi connectivity index (χ3n) is 5.28. The molecule has 2 aromatic carbocycles. The van der Waals surface area contributed by atoms with Crippen molar-refractivity contribution in [3.05, 3.63) is 60.4 Å². The number of para-hydroxylation sites is 1. The molecule has 1 fully saturated rings. The molecule has 3 nitrogen and oxygen atoms in total. The maximum atomic E-state index is 13.5. The summed E-state index contributed by atoms with van der Waals surface area (Å²) >= 11 is 0. The molecular weight excluding hydrogens is 327 g/mol. The van der Waals surface area contributed by atoms with Crippen molar-refractivity contribution in [1.29, 1.82) is 0 Å². The van der Waals surface area contributed by atoms with Crippen molar-refractivity contribution in [3.63, 3.8) is 0 Å². The number of rotatable bonds is 2. The maximum Gasteiger partial charge on any atom is 0.155 e. The van der Waals surface area contributed by atoms with Gasteiger partial charge in [-0.3, -0.25) is 0 Å². The summed E-state index contributed by atoms with van der Waals surface area (Å²) in [5, 5.41) is 2.00. The minimum atomic E-state index is -0.293. The van der Waals surface area contributed by atoms with Crippen LogP contribution in [-0.4, -0.2) is 17.6 Å². The highest BCUT2D eigenvalue weighted by Crippen LogP contribution is 2.38. The highest BCUT2D eigenvalue weighted by atomic mass is 19.1. The number of fused-ring (bicyclic) bond motifs is 2. The molecule has 0 N–H and O–H groups in total. The summed E-state index contributed by atoms with van der Waals surface area (Å²) in [6, 6.07) is 17.4. The molecule has 0 spiro atoms. The molecular formula is C22H19FN2O. The molecule has 0 aliphatic carbocycles. The number of hydrogen-bond donors (Lipinski definition) is 0. The molecule has 0 unspecified atom stereocenters. The van der Waals surface area contributed by atoms with Crippen LogP contribution in [0.1, 0.15) is 19.8 Å². The van der Waals surface area contributed by atoms with Gasteiger partial charge in [0.25, 0.3) is 0 Å². The van der Waals surface area contributed by atoms with Crippen LogP contribution in [-0.2, 0) is 0 Å². The Labute approximate surface area is 151 Å². The number of halogens is 1. The van der Waals surface area contributed by atoms with Gasteiger partial charge in [-0.1, -0.05) is 18.2 Å². The Morgan fingerprint density at radius 1 is 1.08 bits per heavy atom. The Balaban J connectivity index is 1.75. The number of furan rings is 1. The van der Waals surface area contributed by atoms with Crippen molar-refractivity contribution in [2.45, 2.75) is 25.8 Å². The normalized spacial score (nSPS) is 17.5. The molecule has 1 atom stereocenters.